The molecule has 0 radical (unpaired) electrons. The van der Waals surface area contributed by atoms with Crippen molar-refractivity contribution in [2.24, 2.45) is 5.73 Å². The van der Waals surface area contributed by atoms with Crippen LogP contribution in [0.5, 0.6) is 0 Å². The van der Waals surface area contributed by atoms with Crippen molar-refractivity contribution in [3.05, 3.63) is 55.3 Å². The van der Waals surface area contributed by atoms with Gasteiger partial charge in [0.1, 0.15) is 11.4 Å². The second-order valence-electron chi connectivity index (χ2n) is 4.90. The highest BCUT2D eigenvalue weighted by Crippen LogP contribution is 2.26. The lowest BCUT2D eigenvalue weighted by Gasteiger charge is -2.31. The Morgan fingerprint density at radius 1 is 1.14 bits per heavy atom. The van der Waals surface area contributed by atoms with Gasteiger partial charge in [-0.25, -0.2) is 0 Å². The van der Waals surface area contributed by atoms with Gasteiger partial charge in [0.25, 0.3) is 10.9 Å². The van der Waals surface area contributed by atoms with Crippen LogP contribution < -0.4 is 27.2 Å². The summed E-state index contributed by atoms with van der Waals surface area (Å²) in [5.41, 5.74) is 14.2. The number of fused-ring (bicyclic) bond motifs is 1. The molecule has 1 heterocycles. The van der Waals surface area contributed by atoms with Gasteiger partial charge in [-0.15, -0.1) is 0 Å². The SMILES string of the molecule is CC.NCc1ccc2c(c1)CN(c1c(N)c(=O)c1=O)CC2. The van der Waals surface area contributed by atoms with Gasteiger partial charge in [0, 0.05) is 19.6 Å². The number of hydrogen-bond donors (Lipinski definition) is 2. The van der Waals surface area contributed by atoms with Gasteiger partial charge < -0.3 is 16.4 Å². The molecule has 4 N–H and O–H groups in total. The lowest BCUT2D eigenvalue weighted by Crippen LogP contribution is -2.44. The van der Waals surface area contributed by atoms with Crippen LogP contribution in [-0.2, 0) is 19.5 Å². The largest absolute Gasteiger partial charge is 0.394 e. The Morgan fingerprint density at radius 3 is 2.48 bits per heavy atom. The molecule has 0 fully saturated rings. The summed E-state index contributed by atoms with van der Waals surface area (Å²) in [6.07, 6.45) is 0.846. The van der Waals surface area contributed by atoms with Gasteiger partial charge in [0.15, 0.2) is 0 Å². The van der Waals surface area contributed by atoms with Crippen LogP contribution in [0.4, 0.5) is 11.4 Å². The topological polar surface area (TPSA) is 89.4 Å². The fourth-order valence-electron chi connectivity index (χ4n) is 2.64. The molecule has 21 heavy (non-hydrogen) atoms. The van der Waals surface area contributed by atoms with E-state index in [9.17, 15) is 9.59 Å². The lowest BCUT2D eigenvalue weighted by molar-refractivity contribution is 0.725. The van der Waals surface area contributed by atoms with Crippen molar-refractivity contribution in [2.45, 2.75) is 33.4 Å². The molecule has 0 aliphatic carbocycles. The third-order valence-corrected chi connectivity index (χ3v) is 3.76. The summed E-state index contributed by atoms with van der Waals surface area (Å²) in [5, 5.41) is 0. The van der Waals surface area contributed by atoms with Gasteiger partial charge in [0.2, 0.25) is 0 Å². The summed E-state index contributed by atoms with van der Waals surface area (Å²) in [5.74, 6) is 0. The highest BCUT2D eigenvalue weighted by molar-refractivity contribution is 5.73. The average molecular weight is 287 g/mol. The number of anilines is 2. The first-order chi connectivity index (χ1) is 10.1. The lowest BCUT2D eigenvalue weighted by atomic mass is 9.96. The van der Waals surface area contributed by atoms with Gasteiger partial charge in [-0.3, -0.25) is 9.59 Å². The predicted octanol–water partition coefficient (Wildman–Crippen LogP) is 0.912. The van der Waals surface area contributed by atoms with Gasteiger partial charge in [-0.05, 0) is 23.1 Å². The normalized spacial score (nSPS) is 13.6. The third-order valence-electron chi connectivity index (χ3n) is 3.76. The van der Waals surface area contributed by atoms with Crippen LogP contribution >= 0.6 is 0 Å². The molecule has 1 aliphatic heterocycles. The number of nitrogens with two attached hydrogens (primary N) is 2. The van der Waals surface area contributed by atoms with E-state index in [1.807, 2.05) is 24.8 Å². The Bertz CT molecular complexity index is 715. The summed E-state index contributed by atoms with van der Waals surface area (Å²) < 4.78 is 0. The van der Waals surface area contributed by atoms with Crippen LogP contribution in [0.2, 0.25) is 0 Å². The van der Waals surface area contributed by atoms with Gasteiger partial charge >= 0.3 is 0 Å². The molecule has 0 bridgehead atoms. The van der Waals surface area contributed by atoms with E-state index in [2.05, 4.69) is 12.1 Å². The van der Waals surface area contributed by atoms with E-state index in [0.29, 0.717) is 25.3 Å². The van der Waals surface area contributed by atoms with E-state index in [1.54, 1.807) is 0 Å². The first-order valence-electron chi connectivity index (χ1n) is 7.26. The molecule has 5 heteroatoms. The van der Waals surface area contributed by atoms with Gasteiger partial charge in [-0.1, -0.05) is 32.0 Å². The smallest absolute Gasteiger partial charge is 0.253 e. The molecule has 2 aromatic rings. The van der Waals surface area contributed by atoms with Crippen molar-refractivity contribution >= 4 is 11.4 Å². The molecule has 112 valence electrons. The Labute approximate surface area is 123 Å². The molecular formula is C16H21N3O2. The molecule has 0 aromatic heterocycles. The van der Waals surface area contributed by atoms with Crippen molar-refractivity contribution in [2.75, 3.05) is 17.2 Å². The Kier molecular flexibility index (Phi) is 4.43. The zero-order valence-electron chi connectivity index (χ0n) is 12.5. The minimum Gasteiger partial charge on any atom is -0.394 e. The molecule has 1 aliphatic rings. The maximum atomic E-state index is 11.6. The van der Waals surface area contributed by atoms with Crippen molar-refractivity contribution in [3.63, 3.8) is 0 Å². The maximum Gasteiger partial charge on any atom is 0.253 e. The highest BCUT2D eigenvalue weighted by Gasteiger charge is 2.26. The Balaban J connectivity index is 0.000000774. The highest BCUT2D eigenvalue weighted by atomic mass is 16.2. The zero-order chi connectivity index (χ0) is 15.6. The first kappa shape index (κ1) is 15.3. The maximum absolute atomic E-state index is 11.6. The van der Waals surface area contributed by atoms with Crippen molar-refractivity contribution in [3.8, 4) is 0 Å². The van der Waals surface area contributed by atoms with Crippen LogP contribution in [0.15, 0.2) is 27.8 Å². The number of hydrogen-bond acceptors (Lipinski definition) is 5. The molecule has 3 rings (SSSR count). The van der Waals surface area contributed by atoms with E-state index >= 15 is 0 Å². The standard InChI is InChI=1S/C14H15N3O2.C2H6/c15-6-8-1-2-9-3-4-17(7-10(9)5-8)12-11(16)13(18)14(12)19;1-2/h1-2,5H,3-4,6-7,15-16H2;1-2H3. The second kappa shape index (κ2) is 6.10. The zero-order valence-corrected chi connectivity index (χ0v) is 12.5. The fourth-order valence-corrected chi connectivity index (χ4v) is 2.64. The molecule has 2 aromatic carbocycles. The van der Waals surface area contributed by atoms with Crippen LogP contribution in [0, 0.1) is 0 Å². The Hall–Kier alpha value is -2.14. The van der Waals surface area contributed by atoms with Gasteiger partial charge in [-0.2, -0.15) is 0 Å². The summed E-state index contributed by atoms with van der Waals surface area (Å²) in [6, 6.07) is 6.17. The number of rotatable bonds is 2. The molecule has 0 atom stereocenters. The third kappa shape index (κ3) is 2.56. The summed E-state index contributed by atoms with van der Waals surface area (Å²) in [4.78, 5) is 24.6. The van der Waals surface area contributed by atoms with Crippen molar-refractivity contribution in [1.29, 1.82) is 0 Å². The van der Waals surface area contributed by atoms with E-state index < -0.39 is 10.9 Å². The average Bonchev–Trinajstić information content (AvgIpc) is 2.55. The summed E-state index contributed by atoms with van der Waals surface area (Å²) in [7, 11) is 0. The minimum absolute atomic E-state index is 0.100. The van der Waals surface area contributed by atoms with Crippen LogP contribution in [-0.4, -0.2) is 6.54 Å². The number of nitrogens with zero attached hydrogens (tertiary/aromatic N) is 1. The molecular weight excluding hydrogens is 266 g/mol. The molecule has 0 spiro atoms. The molecule has 0 saturated heterocycles. The monoisotopic (exact) mass is 287 g/mol. The van der Waals surface area contributed by atoms with E-state index in [-0.39, 0.29) is 5.69 Å². The predicted molar refractivity (Wildman–Crippen MR) is 86.2 cm³/mol. The minimum atomic E-state index is -0.559. The second-order valence-corrected chi connectivity index (χ2v) is 4.90. The quantitative estimate of drug-likeness (QED) is 0.801. The van der Waals surface area contributed by atoms with E-state index in [4.69, 9.17) is 11.5 Å². The van der Waals surface area contributed by atoms with Gasteiger partial charge in [0.05, 0.1) is 0 Å². The van der Waals surface area contributed by atoms with Crippen LogP contribution in [0.3, 0.4) is 0 Å². The Morgan fingerprint density at radius 2 is 1.86 bits per heavy atom. The number of nitrogen functional groups attached to an aromatic ring is 1. The van der Waals surface area contributed by atoms with Crippen molar-refractivity contribution < 1.29 is 0 Å². The van der Waals surface area contributed by atoms with Crippen LogP contribution in [0.1, 0.15) is 30.5 Å². The first-order valence-corrected chi connectivity index (χ1v) is 7.26. The fraction of sp³-hybridized carbons (Fsp3) is 0.375. The summed E-state index contributed by atoms with van der Waals surface area (Å²) >= 11 is 0. The molecule has 0 saturated carbocycles. The molecule has 0 unspecified atom stereocenters. The molecule has 5 nitrogen and oxygen atoms in total. The van der Waals surface area contributed by atoms with E-state index in [1.165, 1.54) is 5.56 Å². The number of benzene rings is 1. The summed E-state index contributed by atoms with van der Waals surface area (Å²) in [6.45, 7) is 5.82. The molecule has 0 amide bonds. The van der Waals surface area contributed by atoms with Crippen molar-refractivity contribution in [1.82, 2.24) is 0 Å². The van der Waals surface area contributed by atoms with E-state index in [0.717, 1.165) is 17.5 Å². The van der Waals surface area contributed by atoms with Crippen LogP contribution in [0.25, 0.3) is 0 Å².